The second-order valence-corrected chi connectivity index (χ2v) is 11.3. The Bertz CT molecular complexity index is 1630. The van der Waals surface area contributed by atoms with Crippen molar-refractivity contribution < 1.29 is 19.7 Å². The molecule has 0 unspecified atom stereocenters. The van der Waals surface area contributed by atoms with E-state index in [9.17, 15) is 0 Å². The molecule has 46 heavy (non-hydrogen) atoms. The summed E-state index contributed by atoms with van der Waals surface area (Å²) in [6.45, 7) is 3.68. The number of aryl methyl sites for hydroxylation is 1. The number of unbranched alkanes of at least 4 members (excludes halogenated alkanes) is 2. The predicted octanol–water partition coefficient (Wildman–Crippen LogP) is 9.60. The van der Waals surface area contributed by atoms with Crippen molar-refractivity contribution in [2.75, 3.05) is 31.3 Å². The van der Waals surface area contributed by atoms with Gasteiger partial charge in [-0.1, -0.05) is 78.4 Å². The highest BCUT2D eigenvalue weighted by atomic mass is 16.5. The third-order valence-corrected chi connectivity index (χ3v) is 7.75. The van der Waals surface area contributed by atoms with Crippen molar-refractivity contribution in [3.8, 4) is 22.6 Å². The molecular weight excluding hydrogens is 570 g/mol. The molecule has 0 heterocycles. The lowest BCUT2D eigenvalue weighted by molar-refractivity contribution is 0.253. The third kappa shape index (κ3) is 9.33. The number of ether oxygens (including phenoxy) is 2. The molecule has 0 saturated carbocycles. The van der Waals surface area contributed by atoms with Crippen LogP contribution in [-0.2, 0) is 0 Å². The summed E-state index contributed by atoms with van der Waals surface area (Å²) in [6.07, 6.45) is 7.38. The minimum Gasteiger partial charge on any atom is -0.494 e. The number of hydrogen-bond donors (Lipinski definition) is 2. The highest BCUT2D eigenvalue weighted by Crippen LogP contribution is 2.36. The molecule has 0 fully saturated rings. The van der Waals surface area contributed by atoms with Crippen molar-refractivity contribution in [2.24, 2.45) is 0 Å². The molecule has 0 amide bonds. The van der Waals surface area contributed by atoms with Crippen molar-refractivity contribution in [2.45, 2.75) is 32.6 Å². The van der Waals surface area contributed by atoms with E-state index < -0.39 is 0 Å². The minimum atomic E-state index is 0.185. The van der Waals surface area contributed by atoms with E-state index in [2.05, 4.69) is 109 Å². The molecule has 0 atom stereocenters. The Kier molecular flexibility index (Phi) is 12.0. The first kappa shape index (κ1) is 32.6. The van der Waals surface area contributed by atoms with Gasteiger partial charge in [0.15, 0.2) is 0 Å². The zero-order valence-electron chi connectivity index (χ0n) is 26.5. The molecule has 0 aliphatic carbocycles. The van der Waals surface area contributed by atoms with Gasteiger partial charge in [-0.2, -0.15) is 0 Å². The van der Waals surface area contributed by atoms with Crippen molar-refractivity contribution in [3.05, 3.63) is 138 Å². The quantitative estimate of drug-likeness (QED) is 0.0857. The molecule has 2 N–H and O–H groups in total. The van der Waals surface area contributed by atoms with Crippen LogP contribution in [0.15, 0.2) is 121 Å². The zero-order valence-corrected chi connectivity index (χ0v) is 26.5. The van der Waals surface area contributed by atoms with Gasteiger partial charge in [0.25, 0.3) is 0 Å². The van der Waals surface area contributed by atoms with Crippen LogP contribution in [0.5, 0.6) is 11.5 Å². The first-order valence-electron chi connectivity index (χ1n) is 16.1. The van der Waals surface area contributed by atoms with Gasteiger partial charge in [0.1, 0.15) is 11.5 Å². The lowest BCUT2D eigenvalue weighted by atomic mass is 10.0. The van der Waals surface area contributed by atoms with Gasteiger partial charge >= 0.3 is 0 Å². The lowest BCUT2D eigenvalue weighted by Crippen LogP contribution is -2.10. The smallest absolute Gasteiger partial charge is 0.119 e. The van der Waals surface area contributed by atoms with Crippen LogP contribution in [0.2, 0.25) is 0 Å². The molecular formula is C41H43NO4. The highest BCUT2D eigenvalue weighted by Gasteiger charge is 2.13. The average Bonchev–Trinajstić information content (AvgIpc) is 3.10. The van der Waals surface area contributed by atoms with Crippen LogP contribution in [-0.4, -0.2) is 36.6 Å². The predicted molar refractivity (Wildman–Crippen MR) is 190 cm³/mol. The maximum Gasteiger partial charge on any atom is 0.119 e. The molecule has 5 aromatic rings. The van der Waals surface area contributed by atoms with Crippen LogP contribution >= 0.6 is 0 Å². The second kappa shape index (κ2) is 17.0. The number of anilines is 3. The lowest BCUT2D eigenvalue weighted by Gasteiger charge is -2.26. The van der Waals surface area contributed by atoms with Gasteiger partial charge in [0.2, 0.25) is 0 Å². The van der Waals surface area contributed by atoms with Crippen LogP contribution in [0, 0.1) is 6.92 Å². The second-order valence-electron chi connectivity index (χ2n) is 11.3. The number of rotatable bonds is 16. The topological polar surface area (TPSA) is 62.2 Å². The summed E-state index contributed by atoms with van der Waals surface area (Å²) in [6, 6.07) is 42.1. The first-order chi connectivity index (χ1) is 22.6. The van der Waals surface area contributed by atoms with Crippen molar-refractivity contribution in [1.29, 1.82) is 0 Å². The fourth-order valence-electron chi connectivity index (χ4n) is 5.10. The van der Waals surface area contributed by atoms with E-state index >= 15 is 0 Å². The van der Waals surface area contributed by atoms with Crippen LogP contribution < -0.4 is 14.4 Å². The monoisotopic (exact) mass is 613 g/mol. The SMILES string of the molecule is Cc1ccc(-c2ccc(N(c3ccc(C=Cc4ccc(OCCCCO)cc4)cc3)c3ccc(OCCCCO)cc3)cc2)cc1. The van der Waals surface area contributed by atoms with E-state index in [1.165, 1.54) is 16.7 Å². The third-order valence-electron chi connectivity index (χ3n) is 7.75. The molecule has 0 radical (unpaired) electrons. The summed E-state index contributed by atoms with van der Waals surface area (Å²) in [5.41, 5.74) is 8.98. The Morgan fingerprint density at radius 3 is 1.30 bits per heavy atom. The van der Waals surface area contributed by atoms with E-state index in [4.69, 9.17) is 19.7 Å². The molecule has 0 bridgehead atoms. The summed E-state index contributed by atoms with van der Waals surface area (Å²) in [4.78, 5) is 2.25. The normalized spacial score (nSPS) is 11.1. The molecule has 5 aromatic carbocycles. The number of benzene rings is 5. The summed E-state index contributed by atoms with van der Waals surface area (Å²) >= 11 is 0. The van der Waals surface area contributed by atoms with Crippen molar-refractivity contribution in [1.82, 2.24) is 0 Å². The van der Waals surface area contributed by atoms with Gasteiger partial charge in [0.05, 0.1) is 13.2 Å². The number of hydrogen-bond acceptors (Lipinski definition) is 5. The van der Waals surface area contributed by atoms with E-state index in [1.807, 2.05) is 36.4 Å². The van der Waals surface area contributed by atoms with E-state index in [0.29, 0.717) is 13.2 Å². The Balaban J connectivity index is 1.33. The molecule has 0 spiro atoms. The van der Waals surface area contributed by atoms with Gasteiger partial charge in [-0.15, -0.1) is 0 Å². The van der Waals surface area contributed by atoms with Gasteiger partial charge in [0, 0.05) is 30.3 Å². The standard InChI is InChI=1S/C41H43NO4/c1-32-6-14-35(15-7-32)36-16-20-38(21-17-36)42(39-22-26-41(27-23-39)46-31-5-3-29-44)37-18-10-33(11-19-37)8-9-34-12-24-40(25-13-34)45-30-4-2-28-43/h6-27,43-44H,2-5,28-31H2,1H3. The summed E-state index contributed by atoms with van der Waals surface area (Å²) in [5.74, 6) is 1.66. The van der Waals surface area contributed by atoms with Crippen LogP contribution in [0.25, 0.3) is 23.3 Å². The molecule has 0 aliphatic rings. The Hall–Kier alpha value is -4.84. The van der Waals surface area contributed by atoms with Gasteiger partial charge < -0.3 is 24.6 Å². The Morgan fingerprint density at radius 2 is 0.848 bits per heavy atom. The summed E-state index contributed by atoms with van der Waals surface area (Å²) in [5, 5.41) is 18.0. The van der Waals surface area contributed by atoms with Gasteiger partial charge in [-0.05, 0) is 116 Å². The molecule has 5 heteroatoms. The molecule has 0 saturated heterocycles. The van der Waals surface area contributed by atoms with Crippen LogP contribution in [0.1, 0.15) is 42.4 Å². The van der Waals surface area contributed by atoms with E-state index in [-0.39, 0.29) is 13.2 Å². The fraction of sp³-hybridized carbons (Fsp3) is 0.220. The van der Waals surface area contributed by atoms with Crippen molar-refractivity contribution >= 4 is 29.2 Å². The minimum absolute atomic E-state index is 0.185. The van der Waals surface area contributed by atoms with E-state index in [0.717, 1.165) is 65.4 Å². The summed E-state index contributed by atoms with van der Waals surface area (Å²) in [7, 11) is 0. The molecule has 0 aliphatic heterocycles. The van der Waals surface area contributed by atoms with Crippen LogP contribution in [0.4, 0.5) is 17.1 Å². The fourth-order valence-corrected chi connectivity index (χ4v) is 5.10. The molecule has 0 aromatic heterocycles. The molecule has 5 rings (SSSR count). The largest absolute Gasteiger partial charge is 0.494 e. The highest BCUT2D eigenvalue weighted by molar-refractivity contribution is 5.79. The van der Waals surface area contributed by atoms with Crippen molar-refractivity contribution in [3.63, 3.8) is 0 Å². The zero-order chi connectivity index (χ0) is 32.0. The number of aliphatic hydroxyl groups excluding tert-OH is 2. The van der Waals surface area contributed by atoms with E-state index in [1.54, 1.807) is 0 Å². The maximum absolute atomic E-state index is 9.04. The number of aliphatic hydroxyl groups is 2. The Labute approximate surface area is 273 Å². The maximum atomic E-state index is 9.04. The first-order valence-corrected chi connectivity index (χ1v) is 16.1. The van der Waals surface area contributed by atoms with Gasteiger partial charge in [-0.25, -0.2) is 0 Å². The van der Waals surface area contributed by atoms with Crippen LogP contribution in [0.3, 0.4) is 0 Å². The molecule has 236 valence electrons. The average molecular weight is 614 g/mol. The summed E-state index contributed by atoms with van der Waals surface area (Å²) < 4.78 is 11.6. The van der Waals surface area contributed by atoms with Gasteiger partial charge in [-0.3, -0.25) is 0 Å². The molecule has 5 nitrogen and oxygen atoms in total. The number of nitrogens with zero attached hydrogens (tertiary/aromatic N) is 1. The Morgan fingerprint density at radius 1 is 0.478 bits per heavy atom.